The van der Waals surface area contributed by atoms with Gasteiger partial charge in [0.15, 0.2) is 4.34 Å². The van der Waals surface area contributed by atoms with Crippen LogP contribution in [0, 0.1) is 0 Å². The number of thioether (sulfide) groups is 1. The molecular weight excluding hydrogens is 394 g/mol. The first kappa shape index (κ1) is 18.5. The lowest BCUT2D eigenvalue weighted by Gasteiger charge is -2.02. The molecule has 28 heavy (non-hydrogen) atoms. The number of benzene rings is 2. The average Bonchev–Trinajstić information content (AvgIpc) is 3.31. The predicted octanol–water partition coefficient (Wildman–Crippen LogP) is 5.50. The van der Waals surface area contributed by atoms with Gasteiger partial charge in [-0.25, -0.2) is 4.79 Å². The van der Waals surface area contributed by atoms with E-state index >= 15 is 0 Å². The summed E-state index contributed by atoms with van der Waals surface area (Å²) in [5.74, 6) is 0.339. The first-order chi connectivity index (χ1) is 13.7. The summed E-state index contributed by atoms with van der Waals surface area (Å²) in [5.41, 5.74) is 2.44. The quantitative estimate of drug-likeness (QED) is 0.318. The highest BCUT2D eigenvalue weighted by Crippen LogP contribution is 2.34. The van der Waals surface area contributed by atoms with E-state index in [9.17, 15) is 4.79 Å². The molecule has 0 aliphatic rings. The van der Waals surface area contributed by atoms with Crippen molar-refractivity contribution in [3.8, 4) is 0 Å². The molecular formula is C20H17N3O3S2. The van der Waals surface area contributed by atoms with Crippen LogP contribution < -0.4 is 5.32 Å². The van der Waals surface area contributed by atoms with Crippen molar-refractivity contribution in [2.45, 2.75) is 17.0 Å². The summed E-state index contributed by atoms with van der Waals surface area (Å²) in [6, 6.07) is 17.4. The van der Waals surface area contributed by atoms with Crippen LogP contribution in [0.15, 0.2) is 63.4 Å². The fourth-order valence-corrected chi connectivity index (χ4v) is 4.50. The predicted molar refractivity (Wildman–Crippen MR) is 111 cm³/mol. The van der Waals surface area contributed by atoms with Crippen LogP contribution in [0.5, 0.6) is 0 Å². The molecule has 2 aromatic heterocycles. The molecule has 0 atom stereocenters. The smallest absolute Gasteiger partial charge is 0.374 e. The third kappa shape index (κ3) is 4.02. The summed E-state index contributed by atoms with van der Waals surface area (Å²) in [6.07, 6.45) is 0. The van der Waals surface area contributed by atoms with Crippen LogP contribution in [-0.4, -0.2) is 22.8 Å². The average molecular weight is 412 g/mol. The minimum Gasteiger partial charge on any atom is -0.460 e. The highest BCUT2D eigenvalue weighted by atomic mass is 32.2. The van der Waals surface area contributed by atoms with Gasteiger partial charge in [-0.05, 0) is 25.1 Å². The van der Waals surface area contributed by atoms with Crippen molar-refractivity contribution in [2.75, 3.05) is 11.9 Å². The third-order valence-electron chi connectivity index (χ3n) is 3.93. The van der Waals surface area contributed by atoms with Gasteiger partial charge in [0.1, 0.15) is 5.58 Å². The molecule has 1 N–H and O–H groups in total. The van der Waals surface area contributed by atoms with Crippen LogP contribution in [0.4, 0.5) is 10.8 Å². The van der Waals surface area contributed by atoms with Gasteiger partial charge in [-0.15, -0.1) is 10.2 Å². The van der Waals surface area contributed by atoms with Gasteiger partial charge < -0.3 is 14.5 Å². The number of fused-ring (bicyclic) bond motifs is 1. The normalized spacial score (nSPS) is 10.9. The number of hydrogen-bond acceptors (Lipinski definition) is 8. The Morgan fingerprint density at radius 1 is 1.14 bits per heavy atom. The van der Waals surface area contributed by atoms with Gasteiger partial charge in [-0.3, -0.25) is 0 Å². The van der Waals surface area contributed by atoms with Crippen molar-refractivity contribution in [1.29, 1.82) is 0 Å². The molecule has 0 fully saturated rings. The van der Waals surface area contributed by atoms with Gasteiger partial charge in [0.2, 0.25) is 10.9 Å². The van der Waals surface area contributed by atoms with Gasteiger partial charge in [0.05, 0.1) is 6.61 Å². The summed E-state index contributed by atoms with van der Waals surface area (Å²) >= 11 is 2.97. The Balaban J connectivity index is 1.52. The highest BCUT2D eigenvalue weighted by Gasteiger charge is 2.22. The maximum absolute atomic E-state index is 12.3. The van der Waals surface area contributed by atoms with Crippen molar-refractivity contribution in [1.82, 2.24) is 10.2 Å². The fraction of sp³-hybridized carbons (Fsp3) is 0.150. The minimum atomic E-state index is -0.446. The maximum atomic E-state index is 12.3. The number of nitrogens with zero attached hydrogens (tertiary/aromatic N) is 2. The van der Waals surface area contributed by atoms with E-state index in [1.54, 1.807) is 6.92 Å². The zero-order valence-electron chi connectivity index (χ0n) is 15.0. The van der Waals surface area contributed by atoms with Gasteiger partial charge in [0.25, 0.3) is 0 Å². The van der Waals surface area contributed by atoms with E-state index < -0.39 is 5.97 Å². The first-order valence-corrected chi connectivity index (χ1v) is 10.5. The van der Waals surface area contributed by atoms with Gasteiger partial charge in [-0.1, -0.05) is 59.5 Å². The molecule has 142 valence electrons. The number of nitrogens with one attached hydrogen (secondary N) is 1. The van der Waals surface area contributed by atoms with Gasteiger partial charge in [0, 0.05) is 22.4 Å². The van der Waals surface area contributed by atoms with Gasteiger partial charge >= 0.3 is 5.97 Å². The molecule has 0 radical (unpaired) electrons. The number of hydrogen-bond donors (Lipinski definition) is 1. The SMILES string of the molecule is CCOC(=O)c1oc2ccccc2c1CSc1nnc(Nc2ccccc2)s1. The number of para-hydroxylation sites is 2. The molecule has 0 bridgehead atoms. The van der Waals surface area contributed by atoms with Crippen molar-refractivity contribution < 1.29 is 13.9 Å². The summed E-state index contributed by atoms with van der Waals surface area (Å²) < 4.78 is 11.7. The second-order valence-electron chi connectivity index (χ2n) is 5.78. The molecule has 0 spiro atoms. The van der Waals surface area contributed by atoms with E-state index in [1.165, 1.54) is 23.1 Å². The van der Waals surface area contributed by atoms with Crippen molar-refractivity contribution in [3.05, 3.63) is 65.9 Å². The van der Waals surface area contributed by atoms with Crippen molar-refractivity contribution >= 4 is 50.9 Å². The second kappa shape index (κ2) is 8.45. The number of carbonyl (C=O) groups excluding carboxylic acids is 1. The standard InChI is InChI=1S/C20H17N3O3S2/c1-2-25-18(24)17-15(14-10-6-7-11-16(14)26-17)12-27-20-23-22-19(28-20)21-13-8-4-3-5-9-13/h3-11H,2,12H2,1H3,(H,21,22). The van der Waals surface area contributed by atoms with Crippen LogP contribution in [-0.2, 0) is 10.5 Å². The van der Waals surface area contributed by atoms with E-state index in [0.717, 1.165) is 26.1 Å². The Hall–Kier alpha value is -2.84. The molecule has 0 saturated heterocycles. The molecule has 0 aliphatic carbocycles. The van der Waals surface area contributed by atoms with E-state index in [4.69, 9.17) is 9.15 Å². The summed E-state index contributed by atoms with van der Waals surface area (Å²) in [4.78, 5) is 12.3. The molecule has 0 unspecified atom stereocenters. The number of esters is 1. The Morgan fingerprint density at radius 3 is 2.75 bits per heavy atom. The van der Waals surface area contributed by atoms with E-state index in [0.29, 0.717) is 17.9 Å². The Bertz CT molecular complexity index is 1090. The third-order valence-corrected chi connectivity index (χ3v) is 5.93. The van der Waals surface area contributed by atoms with Crippen LogP contribution in [0.1, 0.15) is 23.0 Å². The number of ether oxygens (including phenoxy) is 1. The minimum absolute atomic E-state index is 0.252. The molecule has 2 aromatic carbocycles. The number of carbonyl (C=O) groups is 1. The Labute approximate surface area is 169 Å². The molecule has 6 nitrogen and oxygen atoms in total. The summed E-state index contributed by atoms with van der Waals surface area (Å²) in [5, 5.41) is 13.3. The Morgan fingerprint density at radius 2 is 1.93 bits per heavy atom. The topological polar surface area (TPSA) is 77.2 Å². The zero-order valence-corrected chi connectivity index (χ0v) is 16.7. The molecule has 0 aliphatic heterocycles. The van der Waals surface area contributed by atoms with E-state index in [2.05, 4.69) is 15.5 Å². The van der Waals surface area contributed by atoms with E-state index in [1.807, 2.05) is 54.6 Å². The Kier molecular flexibility index (Phi) is 5.59. The lowest BCUT2D eigenvalue weighted by molar-refractivity contribution is 0.0491. The van der Waals surface area contributed by atoms with Crippen molar-refractivity contribution in [2.24, 2.45) is 0 Å². The molecule has 4 rings (SSSR count). The molecule has 2 heterocycles. The second-order valence-corrected chi connectivity index (χ2v) is 7.98. The number of anilines is 2. The fourth-order valence-electron chi connectivity index (χ4n) is 2.70. The van der Waals surface area contributed by atoms with Gasteiger partial charge in [-0.2, -0.15) is 0 Å². The zero-order chi connectivity index (χ0) is 19.3. The molecule has 8 heteroatoms. The molecule has 0 amide bonds. The molecule has 4 aromatic rings. The summed E-state index contributed by atoms with van der Waals surface area (Å²) in [7, 11) is 0. The van der Waals surface area contributed by atoms with Crippen LogP contribution in [0.25, 0.3) is 11.0 Å². The highest BCUT2D eigenvalue weighted by molar-refractivity contribution is 8.00. The first-order valence-electron chi connectivity index (χ1n) is 8.70. The lowest BCUT2D eigenvalue weighted by Crippen LogP contribution is -2.05. The van der Waals surface area contributed by atoms with Crippen LogP contribution >= 0.6 is 23.1 Å². The monoisotopic (exact) mass is 411 g/mol. The lowest BCUT2D eigenvalue weighted by atomic mass is 10.1. The number of rotatable bonds is 7. The maximum Gasteiger partial charge on any atom is 0.374 e. The number of aromatic nitrogens is 2. The summed E-state index contributed by atoms with van der Waals surface area (Å²) in [6.45, 7) is 2.07. The number of furan rings is 1. The molecule has 0 saturated carbocycles. The van der Waals surface area contributed by atoms with E-state index in [-0.39, 0.29) is 5.76 Å². The van der Waals surface area contributed by atoms with Crippen LogP contribution in [0.3, 0.4) is 0 Å². The van der Waals surface area contributed by atoms with Crippen LogP contribution in [0.2, 0.25) is 0 Å². The van der Waals surface area contributed by atoms with Crippen molar-refractivity contribution in [3.63, 3.8) is 0 Å². The largest absolute Gasteiger partial charge is 0.460 e.